The van der Waals surface area contributed by atoms with E-state index in [1.807, 2.05) is 42.5 Å². The molecule has 0 bridgehead atoms. The van der Waals surface area contributed by atoms with Crippen LogP contribution in [0, 0.1) is 5.82 Å². The third kappa shape index (κ3) is 4.98. The summed E-state index contributed by atoms with van der Waals surface area (Å²) in [5.41, 5.74) is 2.85. The lowest BCUT2D eigenvalue weighted by Gasteiger charge is -2.15. The summed E-state index contributed by atoms with van der Waals surface area (Å²) in [5.74, 6) is -2.04. The number of rotatable bonds is 6. The van der Waals surface area contributed by atoms with E-state index in [0.29, 0.717) is 17.0 Å². The minimum absolute atomic E-state index is 0.121. The van der Waals surface area contributed by atoms with Gasteiger partial charge in [0.15, 0.2) is 0 Å². The maximum Gasteiger partial charge on any atom is 0.343 e. The van der Waals surface area contributed by atoms with Crippen molar-refractivity contribution < 1.29 is 23.5 Å². The van der Waals surface area contributed by atoms with Crippen LogP contribution in [-0.2, 0) is 9.59 Å². The molecule has 0 aromatic heterocycles. The van der Waals surface area contributed by atoms with Gasteiger partial charge in [-0.3, -0.25) is 9.59 Å². The number of ether oxygens (including phenoxy) is 1. The molecule has 0 saturated carbocycles. The Morgan fingerprint density at radius 2 is 1.38 bits per heavy atom. The first-order valence-corrected chi connectivity index (χ1v) is 11.6. The van der Waals surface area contributed by atoms with E-state index < -0.39 is 23.6 Å². The summed E-state index contributed by atoms with van der Waals surface area (Å²) in [6.07, 6.45) is 0. The second-order valence-corrected chi connectivity index (χ2v) is 8.47. The van der Waals surface area contributed by atoms with Crippen molar-refractivity contribution in [3.05, 3.63) is 125 Å². The monoisotopic (exact) mass is 512 g/mol. The zero-order valence-corrected chi connectivity index (χ0v) is 19.9. The molecule has 2 amide bonds. The Morgan fingerprint density at radius 1 is 0.757 bits per heavy atom. The quantitative estimate of drug-likeness (QED) is 0.190. The number of hydrogen-bond donors (Lipinski definition) is 1. The molecule has 1 heterocycles. The molecular weight excluding hydrogens is 495 g/mol. The summed E-state index contributed by atoms with van der Waals surface area (Å²) in [4.78, 5) is 38.8. The van der Waals surface area contributed by atoms with Gasteiger partial charge in [-0.05, 0) is 71.8 Å². The smallest absolute Gasteiger partial charge is 0.343 e. The highest BCUT2D eigenvalue weighted by molar-refractivity contribution is 6.53. The van der Waals surface area contributed by atoms with Crippen molar-refractivity contribution in [1.29, 1.82) is 0 Å². The number of carbonyl (C=O) groups excluding carboxylic acids is 3. The molecule has 8 heteroatoms. The summed E-state index contributed by atoms with van der Waals surface area (Å²) in [5, 5.41) is 2.53. The number of imide groups is 1. The molecule has 4 aromatic rings. The van der Waals surface area contributed by atoms with Gasteiger partial charge >= 0.3 is 5.97 Å². The molecule has 0 aliphatic carbocycles. The maximum atomic E-state index is 13.2. The number of halogens is 2. The van der Waals surface area contributed by atoms with Crippen LogP contribution in [0.5, 0.6) is 5.75 Å². The lowest BCUT2D eigenvalue weighted by Crippen LogP contribution is -2.32. The summed E-state index contributed by atoms with van der Waals surface area (Å²) < 4.78 is 18.7. The highest BCUT2D eigenvalue weighted by Gasteiger charge is 2.39. The molecule has 1 N–H and O–H groups in total. The number of amides is 2. The highest BCUT2D eigenvalue weighted by Crippen LogP contribution is 2.30. The van der Waals surface area contributed by atoms with Gasteiger partial charge in [0, 0.05) is 5.69 Å². The summed E-state index contributed by atoms with van der Waals surface area (Å²) in [6, 6.07) is 28.1. The van der Waals surface area contributed by atoms with E-state index in [1.165, 1.54) is 24.3 Å². The van der Waals surface area contributed by atoms with Crippen molar-refractivity contribution in [2.45, 2.75) is 0 Å². The van der Waals surface area contributed by atoms with Gasteiger partial charge in [-0.25, -0.2) is 14.1 Å². The third-order valence-electron chi connectivity index (χ3n) is 5.67. The molecule has 1 aliphatic heterocycles. The average molecular weight is 513 g/mol. The minimum atomic E-state index is -0.723. The van der Waals surface area contributed by atoms with Crippen LogP contribution >= 0.6 is 11.6 Å². The van der Waals surface area contributed by atoms with Crippen LogP contribution in [-0.4, -0.2) is 17.8 Å². The van der Waals surface area contributed by atoms with E-state index in [0.717, 1.165) is 28.2 Å². The predicted octanol–water partition coefficient (Wildman–Crippen LogP) is 6.15. The van der Waals surface area contributed by atoms with E-state index in [4.69, 9.17) is 16.3 Å². The van der Waals surface area contributed by atoms with Gasteiger partial charge in [0.1, 0.15) is 22.3 Å². The van der Waals surface area contributed by atoms with Crippen LogP contribution in [0.1, 0.15) is 10.4 Å². The van der Waals surface area contributed by atoms with Gasteiger partial charge in [0.25, 0.3) is 11.8 Å². The van der Waals surface area contributed by atoms with Gasteiger partial charge in [-0.2, -0.15) is 0 Å². The second-order valence-electron chi connectivity index (χ2n) is 8.09. The molecule has 0 saturated heterocycles. The lowest BCUT2D eigenvalue weighted by atomic mass is 10.1. The number of carbonyl (C=O) groups is 3. The van der Waals surface area contributed by atoms with Crippen molar-refractivity contribution >= 4 is 40.8 Å². The predicted molar refractivity (Wildman–Crippen MR) is 139 cm³/mol. The van der Waals surface area contributed by atoms with E-state index in [2.05, 4.69) is 5.32 Å². The minimum Gasteiger partial charge on any atom is -0.423 e. The van der Waals surface area contributed by atoms with E-state index in [9.17, 15) is 18.8 Å². The van der Waals surface area contributed by atoms with Crippen LogP contribution in [0.25, 0.3) is 11.1 Å². The molecule has 182 valence electrons. The molecule has 37 heavy (non-hydrogen) atoms. The molecule has 0 fully saturated rings. The summed E-state index contributed by atoms with van der Waals surface area (Å²) in [6.45, 7) is 0. The molecule has 6 nitrogen and oxygen atoms in total. The number of hydrogen-bond acceptors (Lipinski definition) is 5. The Labute approximate surface area is 216 Å². The molecule has 4 aromatic carbocycles. The molecule has 0 unspecified atom stereocenters. The number of anilines is 2. The first kappa shape index (κ1) is 24.0. The maximum absolute atomic E-state index is 13.2. The number of benzene rings is 4. The van der Waals surface area contributed by atoms with Crippen LogP contribution in [0.3, 0.4) is 0 Å². The number of esters is 1. The Kier molecular flexibility index (Phi) is 6.53. The van der Waals surface area contributed by atoms with Crippen molar-refractivity contribution in [3.8, 4) is 16.9 Å². The fourth-order valence-corrected chi connectivity index (χ4v) is 3.99. The highest BCUT2D eigenvalue weighted by atomic mass is 35.5. The van der Waals surface area contributed by atoms with Crippen LogP contribution in [0.2, 0.25) is 0 Å². The zero-order valence-electron chi connectivity index (χ0n) is 19.2. The Hall–Kier alpha value is -4.75. The SMILES string of the molecule is O=C(Oc1ccc(-c2ccccc2)cc1)c1ccc(NC2=C(Cl)C(=O)N(c3ccc(F)cc3)C2=O)cc1. The average Bonchev–Trinajstić information content (AvgIpc) is 3.13. The lowest BCUT2D eigenvalue weighted by molar-refractivity contribution is -0.120. The zero-order chi connectivity index (χ0) is 25.9. The Bertz CT molecular complexity index is 1520. The summed E-state index contributed by atoms with van der Waals surface area (Å²) >= 11 is 6.13. The van der Waals surface area contributed by atoms with Crippen molar-refractivity contribution in [1.82, 2.24) is 0 Å². The van der Waals surface area contributed by atoms with Gasteiger partial charge in [-0.1, -0.05) is 54.1 Å². The molecule has 1 aliphatic rings. The standard InChI is InChI=1S/C29H18ClFN2O4/c30-25-26(28(35)33(27(25)34)23-14-10-21(31)11-15-23)32-22-12-6-20(7-13-22)29(36)37-24-16-8-19(9-17-24)18-4-2-1-3-5-18/h1-17,32H. The van der Waals surface area contributed by atoms with E-state index in [1.54, 1.807) is 24.3 Å². The Balaban J connectivity index is 1.25. The topological polar surface area (TPSA) is 75.7 Å². The van der Waals surface area contributed by atoms with Gasteiger partial charge in [-0.15, -0.1) is 0 Å². The van der Waals surface area contributed by atoms with Crippen molar-refractivity contribution in [3.63, 3.8) is 0 Å². The fraction of sp³-hybridized carbons (Fsp3) is 0. The molecular formula is C29H18ClFN2O4. The van der Waals surface area contributed by atoms with Crippen LogP contribution < -0.4 is 15.0 Å². The number of nitrogens with zero attached hydrogens (tertiary/aromatic N) is 1. The molecule has 0 spiro atoms. The third-order valence-corrected chi connectivity index (χ3v) is 6.02. The normalized spacial score (nSPS) is 13.2. The van der Waals surface area contributed by atoms with Gasteiger partial charge < -0.3 is 10.1 Å². The fourth-order valence-electron chi connectivity index (χ4n) is 3.78. The van der Waals surface area contributed by atoms with Gasteiger partial charge in [0.05, 0.1) is 11.3 Å². The molecule has 5 rings (SSSR count). The number of nitrogens with one attached hydrogen (secondary N) is 1. The molecule has 0 radical (unpaired) electrons. The largest absolute Gasteiger partial charge is 0.423 e. The van der Waals surface area contributed by atoms with Crippen LogP contribution in [0.15, 0.2) is 114 Å². The van der Waals surface area contributed by atoms with E-state index >= 15 is 0 Å². The van der Waals surface area contributed by atoms with E-state index in [-0.39, 0.29) is 16.4 Å². The first-order chi connectivity index (χ1) is 17.9. The van der Waals surface area contributed by atoms with Crippen molar-refractivity contribution in [2.24, 2.45) is 0 Å². The summed E-state index contributed by atoms with van der Waals surface area (Å²) in [7, 11) is 0. The van der Waals surface area contributed by atoms with Gasteiger partial charge in [0.2, 0.25) is 0 Å². The first-order valence-electron chi connectivity index (χ1n) is 11.2. The van der Waals surface area contributed by atoms with Crippen LogP contribution in [0.4, 0.5) is 15.8 Å². The molecule has 0 atom stereocenters. The Morgan fingerprint density at radius 3 is 2.03 bits per heavy atom. The second kappa shape index (κ2) is 10.1. The van der Waals surface area contributed by atoms with Crippen molar-refractivity contribution in [2.75, 3.05) is 10.2 Å².